The maximum atomic E-state index is 4.16. The van der Waals surface area contributed by atoms with Gasteiger partial charge in [0.15, 0.2) is 0 Å². The summed E-state index contributed by atoms with van der Waals surface area (Å²) in [6.45, 7) is 2.15. The van der Waals surface area contributed by atoms with Crippen molar-refractivity contribution in [3.8, 4) is 0 Å². The molecule has 1 aromatic rings. The van der Waals surface area contributed by atoms with Crippen LogP contribution in [0.1, 0.15) is 12.8 Å². The van der Waals surface area contributed by atoms with Gasteiger partial charge < -0.3 is 5.32 Å². The molecule has 0 spiro atoms. The second kappa shape index (κ2) is 2.21. The van der Waals surface area contributed by atoms with Gasteiger partial charge in [-0.3, -0.25) is 0 Å². The van der Waals surface area contributed by atoms with E-state index < -0.39 is 0 Å². The molecule has 0 amide bonds. The predicted molar refractivity (Wildman–Crippen MR) is 44.7 cm³/mol. The number of rotatable bonds is 1. The summed E-state index contributed by atoms with van der Waals surface area (Å²) in [5.74, 6) is 2.68. The number of nitrogens with zero attached hydrogens (tertiary/aromatic N) is 3. The van der Waals surface area contributed by atoms with Gasteiger partial charge in [0.05, 0.1) is 0 Å². The monoisotopic (exact) mass is 164 g/mol. The Morgan fingerprint density at radius 2 is 2.33 bits per heavy atom. The average Bonchev–Trinajstić information content (AvgIpc) is 2.84. The zero-order valence-electron chi connectivity index (χ0n) is 6.90. The third kappa shape index (κ3) is 0.906. The molecule has 64 valence electrons. The number of hydrogen-bond donors (Lipinski definition) is 1. The van der Waals surface area contributed by atoms with Gasteiger partial charge in [0.1, 0.15) is 6.33 Å². The van der Waals surface area contributed by atoms with Crippen LogP contribution in [0.5, 0.6) is 0 Å². The fourth-order valence-corrected chi connectivity index (χ4v) is 1.93. The lowest BCUT2D eigenvalue weighted by molar-refractivity contribution is 0.372. The Morgan fingerprint density at radius 3 is 3.17 bits per heavy atom. The van der Waals surface area contributed by atoms with Gasteiger partial charge in [-0.25, -0.2) is 4.68 Å². The van der Waals surface area contributed by atoms with Gasteiger partial charge in [0.2, 0.25) is 5.95 Å². The van der Waals surface area contributed by atoms with E-state index in [1.165, 1.54) is 12.8 Å². The summed E-state index contributed by atoms with van der Waals surface area (Å²) in [7, 11) is 0. The third-order valence-electron chi connectivity index (χ3n) is 2.83. The zero-order valence-corrected chi connectivity index (χ0v) is 6.90. The van der Waals surface area contributed by atoms with Gasteiger partial charge in [-0.2, -0.15) is 10.1 Å². The van der Waals surface area contributed by atoms with Crippen LogP contribution >= 0.6 is 0 Å². The molecule has 12 heavy (non-hydrogen) atoms. The van der Waals surface area contributed by atoms with Crippen LogP contribution in [0.3, 0.4) is 0 Å². The summed E-state index contributed by atoms with van der Waals surface area (Å²) in [5, 5.41) is 7.46. The van der Waals surface area contributed by atoms with E-state index in [-0.39, 0.29) is 0 Å². The highest BCUT2D eigenvalue weighted by molar-refractivity contribution is 5.25. The van der Waals surface area contributed by atoms with Crippen molar-refractivity contribution >= 4 is 5.95 Å². The molecule has 0 bridgehead atoms. The van der Waals surface area contributed by atoms with Crippen LogP contribution in [0.15, 0.2) is 6.33 Å². The Balaban J connectivity index is 1.83. The number of anilines is 1. The van der Waals surface area contributed by atoms with Crippen molar-refractivity contribution in [2.45, 2.75) is 19.4 Å². The number of hydrogen-bond acceptors (Lipinski definition) is 3. The second-order valence-electron chi connectivity index (χ2n) is 3.74. The van der Waals surface area contributed by atoms with Crippen molar-refractivity contribution in [2.75, 3.05) is 11.9 Å². The van der Waals surface area contributed by atoms with Crippen molar-refractivity contribution in [3.05, 3.63) is 6.33 Å². The van der Waals surface area contributed by atoms with Crippen LogP contribution in [-0.2, 0) is 6.54 Å². The predicted octanol–water partition coefficient (Wildman–Crippen LogP) is 0.730. The van der Waals surface area contributed by atoms with Crippen LogP contribution in [0.4, 0.5) is 5.95 Å². The average molecular weight is 164 g/mol. The molecule has 2 heterocycles. The van der Waals surface area contributed by atoms with Crippen molar-refractivity contribution < 1.29 is 0 Å². The normalized spacial score (nSPS) is 27.8. The quantitative estimate of drug-likeness (QED) is 0.665. The van der Waals surface area contributed by atoms with Crippen molar-refractivity contribution in [2.24, 2.45) is 11.8 Å². The molecule has 4 nitrogen and oxygen atoms in total. The van der Waals surface area contributed by atoms with E-state index in [2.05, 4.69) is 15.4 Å². The van der Waals surface area contributed by atoms with Gasteiger partial charge in [-0.15, -0.1) is 0 Å². The van der Waals surface area contributed by atoms with Crippen LogP contribution in [0, 0.1) is 11.8 Å². The van der Waals surface area contributed by atoms with E-state index in [0.29, 0.717) is 0 Å². The first-order valence-electron chi connectivity index (χ1n) is 4.55. The SMILES string of the molecule is c1nc2n(n1)CC(C1CC1)CN2. The Kier molecular flexibility index (Phi) is 1.19. The van der Waals surface area contributed by atoms with Crippen molar-refractivity contribution in [3.63, 3.8) is 0 Å². The molecule has 1 unspecified atom stereocenters. The van der Waals surface area contributed by atoms with Gasteiger partial charge in [0, 0.05) is 13.1 Å². The molecule has 1 atom stereocenters. The molecule has 0 radical (unpaired) electrons. The van der Waals surface area contributed by atoms with Crippen molar-refractivity contribution in [1.29, 1.82) is 0 Å². The Hall–Kier alpha value is -1.06. The molecule has 1 aliphatic carbocycles. The van der Waals surface area contributed by atoms with Crippen molar-refractivity contribution in [1.82, 2.24) is 14.8 Å². The lowest BCUT2D eigenvalue weighted by atomic mass is 10.0. The smallest absolute Gasteiger partial charge is 0.221 e. The van der Waals surface area contributed by atoms with Gasteiger partial charge >= 0.3 is 0 Å². The fourth-order valence-electron chi connectivity index (χ4n) is 1.93. The maximum Gasteiger partial charge on any atom is 0.221 e. The number of aromatic nitrogens is 3. The molecule has 3 rings (SSSR count). The van der Waals surface area contributed by atoms with E-state index in [1.807, 2.05) is 4.68 Å². The summed E-state index contributed by atoms with van der Waals surface area (Å²) in [6.07, 6.45) is 4.45. The first-order valence-corrected chi connectivity index (χ1v) is 4.55. The van der Waals surface area contributed by atoms with Gasteiger partial charge in [-0.1, -0.05) is 0 Å². The molecule has 0 saturated heterocycles. The zero-order chi connectivity index (χ0) is 7.97. The number of nitrogens with one attached hydrogen (secondary N) is 1. The molecule has 1 saturated carbocycles. The van der Waals surface area contributed by atoms with E-state index in [4.69, 9.17) is 0 Å². The molecular formula is C8H12N4. The summed E-state index contributed by atoms with van der Waals surface area (Å²) >= 11 is 0. The maximum absolute atomic E-state index is 4.16. The topological polar surface area (TPSA) is 42.7 Å². The molecular weight excluding hydrogens is 152 g/mol. The summed E-state index contributed by atoms with van der Waals surface area (Å²) < 4.78 is 1.98. The van der Waals surface area contributed by atoms with Gasteiger partial charge in [-0.05, 0) is 24.7 Å². The van der Waals surface area contributed by atoms with Crippen LogP contribution in [0.25, 0.3) is 0 Å². The Morgan fingerprint density at radius 1 is 1.42 bits per heavy atom. The molecule has 1 aliphatic heterocycles. The van der Waals surface area contributed by atoms with E-state index >= 15 is 0 Å². The lowest BCUT2D eigenvalue weighted by Gasteiger charge is -2.23. The van der Waals surface area contributed by atoms with Gasteiger partial charge in [0.25, 0.3) is 0 Å². The lowest BCUT2D eigenvalue weighted by Crippen LogP contribution is -2.29. The Labute approximate surface area is 71.0 Å². The molecule has 1 aromatic heterocycles. The summed E-state index contributed by atoms with van der Waals surface area (Å²) in [6, 6.07) is 0. The van der Waals surface area contributed by atoms with Crippen LogP contribution in [-0.4, -0.2) is 21.3 Å². The largest absolute Gasteiger partial charge is 0.354 e. The third-order valence-corrected chi connectivity index (χ3v) is 2.83. The summed E-state index contributed by atoms with van der Waals surface area (Å²) in [5.41, 5.74) is 0. The van der Waals surface area contributed by atoms with E-state index in [9.17, 15) is 0 Å². The highest BCUT2D eigenvalue weighted by Gasteiger charge is 2.33. The molecule has 4 heteroatoms. The molecule has 1 fully saturated rings. The Bertz CT molecular complexity index is 289. The highest BCUT2D eigenvalue weighted by Crippen LogP contribution is 2.38. The first-order chi connectivity index (χ1) is 5.93. The molecule has 1 N–H and O–H groups in total. The van der Waals surface area contributed by atoms with Crippen LogP contribution < -0.4 is 5.32 Å². The van der Waals surface area contributed by atoms with E-state index in [0.717, 1.165) is 30.9 Å². The minimum absolute atomic E-state index is 0.791. The summed E-state index contributed by atoms with van der Waals surface area (Å²) in [4.78, 5) is 4.11. The highest BCUT2D eigenvalue weighted by atomic mass is 15.4. The molecule has 2 aliphatic rings. The minimum Gasteiger partial charge on any atom is -0.354 e. The minimum atomic E-state index is 0.791. The fraction of sp³-hybridized carbons (Fsp3) is 0.750. The van der Waals surface area contributed by atoms with E-state index in [1.54, 1.807) is 6.33 Å². The second-order valence-corrected chi connectivity index (χ2v) is 3.74. The standard InChI is InChI=1S/C8H12N4/c1-2-6(1)7-3-9-8-10-5-11-12(8)4-7/h5-7H,1-4H2,(H,9,10,11). The molecule has 0 aromatic carbocycles. The van der Waals surface area contributed by atoms with Crippen LogP contribution in [0.2, 0.25) is 0 Å². The number of fused-ring (bicyclic) bond motifs is 1. The first kappa shape index (κ1) is 6.46.